The molecule has 0 bridgehead atoms. The Balaban J connectivity index is 1.86. The van der Waals surface area contributed by atoms with Crippen LogP contribution in [0.5, 0.6) is 0 Å². The highest BCUT2D eigenvalue weighted by molar-refractivity contribution is 5.87. The summed E-state index contributed by atoms with van der Waals surface area (Å²) >= 11 is 0. The molecule has 1 saturated heterocycles. The monoisotopic (exact) mass is 264 g/mol. The molecule has 2 rings (SSSR count). The van der Waals surface area contributed by atoms with Crippen LogP contribution in [0.2, 0.25) is 0 Å². The van der Waals surface area contributed by atoms with Crippen LogP contribution in [0.1, 0.15) is 42.6 Å². The van der Waals surface area contributed by atoms with Crippen LogP contribution in [-0.4, -0.2) is 29.4 Å². The third kappa shape index (κ3) is 4.04. The normalized spacial score (nSPS) is 27.2. The maximum atomic E-state index is 10.7. The van der Waals surface area contributed by atoms with Gasteiger partial charge in [-0.25, -0.2) is 4.79 Å². The Morgan fingerprint density at radius 3 is 2.37 bits per heavy atom. The first kappa shape index (κ1) is 14.0. The van der Waals surface area contributed by atoms with Crippen molar-refractivity contribution in [1.29, 1.82) is 0 Å². The first-order valence-corrected chi connectivity index (χ1v) is 6.64. The number of hydrogen-bond donors (Lipinski definition) is 1. The predicted molar refractivity (Wildman–Crippen MR) is 71.2 cm³/mol. The number of hydrogen-bond acceptors (Lipinski definition) is 3. The summed E-state index contributed by atoms with van der Waals surface area (Å²) in [6.07, 6.45) is 2.53. The van der Waals surface area contributed by atoms with Crippen LogP contribution in [-0.2, 0) is 16.1 Å². The molecule has 2 unspecified atom stereocenters. The Kier molecular flexibility index (Phi) is 4.56. The lowest BCUT2D eigenvalue weighted by Gasteiger charge is -2.32. The minimum Gasteiger partial charge on any atom is -0.478 e. The fourth-order valence-corrected chi connectivity index (χ4v) is 2.44. The van der Waals surface area contributed by atoms with Gasteiger partial charge in [0.2, 0.25) is 0 Å². The third-order valence-corrected chi connectivity index (χ3v) is 3.34. The van der Waals surface area contributed by atoms with E-state index < -0.39 is 5.97 Å². The van der Waals surface area contributed by atoms with E-state index in [2.05, 4.69) is 13.8 Å². The highest BCUT2D eigenvalue weighted by Crippen LogP contribution is 2.22. The SMILES string of the molecule is CC1CC(OCc2ccc(C(=O)O)cc2)CC(C)O1. The molecule has 0 spiro atoms. The van der Waals surface area contributed by atoms with Crippen LogP contribution in [0.4, 0.5) is 0 Å². The maximum Gasteiger partial charge on any atom is 0.335 e. The number of ether oxygens (including phenoxy) is 2. The zero-order valence-electron chi connectivity index (χ0n) is 11.3. The van der Waals surface area contributed by atoms with Gasteiger partial charge in [0, 0.05) is 0 Å². The van der Waals surface area contributed by atoms with E-state index >= 15 is 0 Å². The van der Waals surface area contributed by atoms with Crippen molar-refractivity contribution < 1.29 is 19.4 Å². The summed E-state index contributed by atoms with van der Waals surface area (Å²) in [5.74, 6) is -0.903. The van der Waals surface area contributed by atoms with Gasteiger partial charge in [0.05, 0.1) is 30.5 Å². The van der Waals surface area contributed by atoms with Crippen LogP contribution in [0, 0.1) is 0 Å². The Morgan fingerprint density at radius 1 is 1.26 bits per heavy atom. The highest BCUT2D eigenvalue weighted by Gasteiger charge is 2.24. The molecule has 0 amide bonds. The number of carboxylic acids is 1. The molecule has 1 N–H and O–H groups in total. The highest BCUT2D eigenvalue weighted by atomic mass is 16.5. The summed E-state index contributed by atoms with van der Waals surface area (Å²) in [6.45, 7) is 4.64. The Hall–Kier alpha value is -1.39. The summed E-state index contributed by atoms with van der Waals surface area (Å²) < 4.78 is 11.5. The van der Waals surface area contributed by atoms with E-state index in [0.717, 1.165) is 18.4 Å². The van der Waals surface area contributed by atoms with Crippen LogP contribution >= 0.6 is 0 Å². The molecule has 19 heavy (non-hydrogen) atoms. The van der Waals surface area contributed by atoms with E-state index in [4.69, 9.17) is 14.6 Å². The predicted octanol–water partition coefficient (Wildman–Crippen LogP) is 2.86. The standard InChI is InChI=1S/C15H20O4/c1-10-7-14(8-11(2)19-10)18-9-12-3-5-13(6-4-12)15(16)17/h3-6,10-11,14H,7-9H2,1-2H3,(H,16,17). The van der Waals surface area contributed by atoms with E-state index in [1.54, 1.807) is 24.3 Å². The molecule has 1 aromatic rings. The van der Waals surface area contributed by atoms with Crippen LogP contribution in [0.3, 0.4) is 0 Å². The van der Waals surface area contributed by atoms with E-state index in [1.165, 1.54) is 0 Å². The molecule has 4 heteroatoms. The van der Waals surface area contributed by atoms with Gasteiger partial charge in [0.1, 0.15) is 0 Å². The largest absolute Gasteiger partial charge is 0.478 e. The summed E-state index contributed by atoms with van der Waals surface area (Å²) in [5, 5.41) is 8.82. The molecule has 0 radical (unpaired) electrons. The van der Waals surface area contributed by atoms with E-state index in [-0.39, 0.29) is 18.3 Å². The van der Waals surface area contributed by atoms with Gasteiger partial charge in [-0.15, -0.1) is 0 Å². The Labute approximate surface area is 113 Å². The van der Waals surface area contributed by atoms with Gasteiger partial charge in [-0.1, -0.05) is 12.1 Å². The minimum atomic E-state index is -0.903. The smallest absolute Gasteiger partial charge is 0.335 e. The van der Waals surface area contributed by atoms with Crippen molar-refractivity contribution in [1.82, 2.24) is 0 Å². The lowest BCUT2D eigenvalue weighted by Crippen LogP contribution is -2.33. The molecule has 0 aromatic heterocycles. The Morgan fingerprint density at radius 2 is 1.84 bits per heavy atom. The van der Waals surface area contributed by atoms with Gasteiger partial charge in [0.25, 0.3) is 0 Å². The summed E-state index contributed by atoms with van der Waals surface area (Å²) in [5.41, 5.74) is 1.30. The van der Waals surface area contributed by atoms with Gasteiger partial charge in [-0.2, -0.15) is 0 Å². The Bertz CT molecular complexity index is 416. The van der Waals surface area contributed by atoms with Gasteiger partial charge in [-0.3, -0.25) is 0 Å². The van der Waals surface area contributed by atoms with Crippen molar-refractivity contribution in [2.24, 2.45) is 0 Å². The quantitative estimate of drug-likeness (QED) is 0.908. The van der Waals surface area contributed by atoms with Crippen molar-refractivity contribution in [3.63, 3.8) is 0 Å². The van der Waals surface area contributed by atoms with Gasteiger partial charge < -0.3 is 14.6 Å². The molecule has 1 fully saturated rings. The van der Waals surface area contributed by atoms with Gasteiger partial charge >= 0.3 is 5.97 Å². The van der Waals surface area contributed by atoms with Crippen molar-refractivity contribution in [3.8, 4) is 0 Å². The molecule has 1 aliphatic rings. The van der Waals surface area contributed by atoms with Crippen LogP contribution < -0.4 is 0 Å². The first-order chi connectivity index (χ1) is 9.04. The molecule has 1 aromatic carbocycles. The maximum absolute atomic E-state index is 10.7. The molecular weight excluding hydrogens is 244 g/mol. The second-order valence-electron chi connectivity index (χ2n) is 5.16. The lowest BCUT2D eigenvalue weighted by molar-refractivity contribution is -0.106. The van der Waals surface area contributed by atoms with Gasteiger partial charge in [-0.05, 0) is 44.4 Å². The first-order valence-electron chi connectivity index (χ1n) is 6.64. The zero-order chi connectivity index (χ0) is 13.8. The molecular formula is C15H20O4. The summed E-state index contributed by atoms with van der Waals surface area (Å²) in [4.78, 5) is 10.7. The molecule has 104 valence electrons. The number of benzene rings is 1. The molecule has 4 nitrogen and oxygen atoms in total. The minimum absolute atomic E-state index is 0.220. The second kappa shape index (κ2) is 6.17. The number of aromatic carboxylic acids is 1. The van der Waals surface area contributed by atoms with Crippen molar-refractivity contribution in [2.75, 3.05) is 0 Å². The average Bonchev–Trinajstić information content (AvgIpc) is 2.36. The van der Waals surface area contributed by atoms with E-state index in [1.807, 2.05) is 0 Å². The topological polar surface area (TPSA) is 55.8 Å². The fraction of sp³-hybridized carbons (Fsp3) is 0.533. The lowest BCUT2D eigenvalue weighted by atomic mass is 10.0. The fourth-order valence-electron chi connectivity index (χ4n) is 2.44. The van der Waals surface area contributed by atoms with Crippen LogP contribution in [0.15, 0.2) is 24.3 Å². The number of carboxylic acid groups (broad SMARTS) is 1. The van der Waals surface area contributed by atoms with Gasteiger partial charge in [0.15, 0.2) is 0 Å². The van der Waals surface area contributed by atoms with Crippen molar-refractivity contribution in [3.05, 3.63) is 35.4 Å². The summed E-state index contributed by atoms with van der Waals surface area (Å²) in [7, 11) is 0. The van der Waals surface area contributed by atoms with E-state index in [9.17, 15) is 4.79 Å². The molecule has 1 aliphatic heterocycles. The summed E-state index contributed by atoms with van der Waals surface area (Å²) in [6, 6.07) is 6.82. The number of carbonyl (C=O) groups is 1. The average molecular weight is 264 g/mol. The van der Waals surface area contributed by atoms with Crippen molar-refractivity contribution >= 4 is 5.97 Å². The molecule has 0 aliphatic carbocycles. The van der Waals surface area contributed by atoms with E-state index in [0.29, 0.717) is 12.2 Å². The third-order valence-electron chi connectivity index (χ3n) is 3.34. The van der Waals surface area contributed by atoms with Crippen molar-refractivity contribution in [2.45, 2.75) is 51.6 Å². The molecule has 2 atom stereocenters. The molecule has 0 saturated carbocycles. The number of rotatable bonds is 4. The molecule has 1 heterocycles. The second-order valence-corrected chi connectivity index (χ2v) is 5.16. The zero-order valence-corrected chi connectivity index (χ0v) is 11.3. The van der Waals surface area contributed by atoms with Crippen LogP contribution in [0.25, 0.3) is 0 Å².